The summed E-state index contributed by atoms with van der Waals surface area (Å²) in [5, 5.41) is 0. The number of aliphatic imine (C=N–C) groups is 1. The number of amidine groups is 1. The van der Waals surface area contributed by atoms with Crippen LogP contribution in [0, 0.1) is 23.6 Å². The molecule has 0 aliphatic carbocycles. The Bertz CT molecular complexity index is 988. The van der Waals surface area contributed by atoms with Gasteiger partial charge in [-0.15, -0.1) is 0 Å². The summed E-state index contributed by atoms with van der Waals surface area (Å²) < 4.78 is 46.3. The Morgan fingerprint density at radius 1 is 1.16 bits per heavy atom. The Morgan fingerprint density at radius 2 is 1.81 bits per heavy atom. The van der Waals surface area contributed by atoms with Gasteiger partial charge in [0.2, 0.25) is 5.91 Å². The molecule has 2 fully saturated rings. The van der Waals surface area contributed by atoms with Gasteiger partial charge in [0.1, 0.15) is 17.4 Å². The van der Waals surface area contributed by atoms with Crippen molar-refractivity contribution in [2.24, 2.45) is 34.2 Å². The Balaban J connectivity index is 1.40. The van der Waals surface area contributed by atoms with E-state index in [0.717, 1.165) is 24.2 Å². The van der Waals surface area contributed by atoms with Gasteiger partial charge in [-0.1, -0.05) is 26.8 Å². The highest BCUT2D eigenvalue weighted by Crippen LogP contribution is 2.29. The number of urea groups is 1. The zero-order chi connectivity index (χ0) is 27.3. The topological polar surface area (TPSA) is 114 Å². The molecule has 0 aromatic heterocycles. The number of benzene rings is 1. The fourth-order valence-electron chi connectivity index (χ4n) is 4.58. The van der Waals surface area contributed by atoms with E-state index in [1.165, 1.54) is 12.1 Å². The molecule has 2 saturated heterocycles. The molecule has 2 aliphatic heterocycles. The maximum Gasteiger partial charge on any atom is 0.345 e. The van der Waals surface area contributed by atoms with Crippen LogP contribution >= 0.6 is 0 Å². The first-order valence-electron chi connectivity index (χ1n) is 12.8. The quantitative estimate of drug-likeness (QED) is 0.379. The molecule has 3 amide bonds. The van der Waals surface area contributed by atoms with Crippen LogP contribution in [0.2, 0.25) is 0 Å². The van der Waals surface area contributed by atoms with Crippen molar-refractivity contribution in [2.75, 3.05) is 32.8 Å². The number of piperidine rings is 1. The highest BCUT2D eigenvalue weighted by molar-refractivity contribution is 5.93. The molecule has 206 valence electrons. The maximum absolute atomic E-state index is 14.6. The largest absolute Gasteiger partial charge is 0.493 e. The van der Waals surface area contributed by atoms with E-state index in [1.54, 1.807) is 11.0 Å². The number of hydrogen-bond acceptors (Lipinski definition) is 4. The molecule has 8 nitrogen and oxygen atoms in total. The molecule has 1 aromatic carbocycles. The molecule has 2 heterocycles. The lowest BCUT2D eigenvalue weighted by atomic mass is 9.84. The van der Waals surface area contributed by atoms with Gasteiger partial charge >= 0.3 is 6.03 Å². The van der Waals surface area contributed by atoms with Gasteiger partial charge in [0.25, 0.3) is 5.92 Å². The fraction of sp³-hybridized carbons (Fsp3) is 0.654. The molecule has 0 unspecified atom stereocenters. The van der Waals surface area contributed by atoms with Gasteiger partial charge in [-0.2, -0.15) is 4.99 Å². The minimum Gasteiger partial charge on any atom is -0.493 e. The second kappa shape index (κ2) is 12.1. The summed E-state index contributed by atoms with van der Waals surface area (Å²) in [7, 11) is 0. The molecule has 11 heteroatoms. The summed E-state index contributed by atoms with van der Waals surface area (Å²) in [5.41, 5.74) is 11.9. The number of carbonyl (C=O) groups excluding carboxylic acids is 2. The van der Waals surface area contributed by atoms with Crippen molar-refractivity contribution in [3.05, 3.63) is 29.6 Å². The number of rotatable bonds is 9. The average molecular weight is 526 g/mol. The van der Waals surface area contributed by atoms with Crippen LogP contribution in [0.25, 0.3) is 0 Å². The van der Waals surface area contributed by atoms with Crippen molar-refractivity contribution in [3.63, 3.8) is 0 Å². The second-order valence-corrected chi connectivity index (χ2v) is 10.5. The highest BCUT2D eigenvalue weighted by Gasteiger charge is 2.47. The van der Waals surface area contributed by atoms with Crippen LogP contribution in [0.4, 0.5) is 18.0 Å². The van der Waals surface area contributed by atoms with Crippen molar-refractivity contribution in [1.82, 2.24) is 9.80 Å². The summed E-state index contributed by atoms with van der Waals surface area (Å²) in [5.74, 6) is -2.48. The minimum atomic E-state index is -2.87. The predicted octanol–water partition coefficient (Wildman–Crippen LogP) is 3.42. The van der Waals surface area contributed by atoms with Gasteiger partial charge in [0.05, 0.1) is 25.7 Å². The van der Waals surface area contributed by atoms with Crippen molar-refractivity contribution in [1.29, 1.82) is 0 Å². The normalized spacial score (nSPS) is 19.9. The number of alkyl halides is 2. The maximum atomic E-state index is 14.6. The van der Waals surface area contributed by atoms with Gasteiger partial charge < -0.3 is 26.0 Å². The van der Waals surface area contributed by atoms with E-state index in [0.29, 0.717) is 43.1 Å². The molecule has 0 saturated carbocycles. The lowest BCUT2D eigenvalue weighted by Crippen LogP contribution is -2.62. The van der Waals surface area contributed by atoms with Crippen molar-refractivity contribution < 1.29 is 27.5 Å². The smallest absolute Gasteiger partial charge is 0.345 e. The molecule has 0 radical (unpaired) electrons. The molecule has 37 heavy (non-hydrogen) atoms. The summed E-state index contributed by atoms with van der Waals surface area (Å²) in [6, 6.07) is 3.01. The van der Waals surface area contributed by atoms with E-state index in [4.69, 9.17) is 16.2 Å². The molecule has 0 spiro atoms. The first-order valence-corrected chi connectivity index (χ1v) is 12.8. The zero-order valence-corrected chi connectivity index (χ0v) is 21.8. The molecule has 2 atom stereocenters. The molecule has 2 aliphatic rings. The number of nitrogens with zero attached hydrogens (tertiary/aromatic N) is 3. The van der Waals surface area contributed by atoms with Crippen LogP contribution in [0.1, 0.15) is 45.6 Å². The zero-order valence-electron chi connectivity index (χ0n) is 21.8. The van der Waals surface area contributed by atoms with Crippen LogP contribution in [0.15, 0.2) is 23.2 Å². The number of nitrogens with two attached hydrogens (primary N) is 2. The van der Waals surface area contributed by atoms with E-state index in [2.05, 4.69) is 11.9 Å². The lowest BCUT2D eigenvalue weighted by molar-refractivity contribution is -0.166. The second-order valence-electron chi connectivity index (χ2n) is 10.5. The SMILES string of the molecule is CC(C)C(N)=NC(=O)N1CCC([C@H](C)CCOc2ccc(C[C@H](N)C(=O)N3CC(F)(F)C3)c(F)c2)CC1. The number of ether oxygens (including phenoxy) is 1. The molecule has 4 N–H and O–H groups in total. The van der Waals surface area contributed by atoms with E-state index in [9.17, 15) is 22.8 Å². The number of amides is 3. The Labute approximate surface area is 216 Å². The standard InChI is InChI=1S/C26H38F3N5O3/c1-16(2)23(31)32-25(36)33-9-6-18(7-10-33)17(3)8-11-37-20-5-4-19(21(27)13-20)12-22(30)24(35)34-14-26(28,29)15-34/h4-5,13,16-18,22H,6-12,14-15,30H2,1-3H3,(H2,31,32,36)/t17-,22+/m1/s1. The number of hydrogen-bond donors (Lipinski definition) is 2. The summed E-state index contributed by atoms with van der Waals surface area (Å²) in [6.07, 6.45) is 2.45. The Morgan fingerprint density at radius 3 is 2.38 bits per heavy atom. The third-order valence-corrected chi connectivity index (χ3v) is 7.21. The van der Waals surface area contributed by atoms with Gasteiger partial charge in [0, 0.05) is 25.1 Å². The van der Waals surface area contributed by atoms with Crippen LogP contribution in [0.3, 0.4) is 0 Å². The van der Waals surface area contributed by atoms with Crippen molar-refractivity contribution in [3.8, 4) is 5.75 Å². The molecular weight excluding hydrogens is 487 g/mol. The highest BCUT2D eigenvalue weighted by atomic mass is 19.3. The third-order valence-electron chi connectivity index (χ3n) is 7.21. The molecule has 1 aromatic rings. The van der Waals surface area contributed by atoms with E-state index < -0.39 is 36.8 Å². The fourth-order valence-corrected chi connectivity index (χ4v) is 4.58. The summed E-state index contributed by atoms with van der Waals surface area (Å²) in [4.78, 5) is 31.1. The van der Waals surface area contributed by atoms with E-state index in [-0.39, 0.29) is 23.9 Å². The Kier molecular flexibility index (Phi) is 9.44. The molecular formula is C26H38F3N5O3. The van der Waals surface area contributed by atoms with Crippen LogP contribution in [0.5, 0.6) is 5.75 Å². The van der Waals surface area contributed by atoms with Gasteiger partial charge in [-0.05, 0) is 49.1 Å². The molecule has 3 rings (SSSR count). The van der Waals surface area contributed by atoms with Gasteiger partial charge in [0.15, 0.2) is 0 Å². The van der Waals surface area contributed by atoms with Gasteiger partial charge in [-0.25, -0.2) is 18.0 Å². The predicted molar refractivity (Wildman–Crippen MR) is 135 cm³/mol. The van der Waals surface area contributed by atoms with Crippen LogP contribution in [-0.2, 0) is 11.2 Å². The average Bonchev–Trinajstić information content (AvgIpc) is 2.83. The van der Waals surface area contributed by atoms with Gasteiger partial charge in [-0.3, -0.25) is 4.79 Å². The number of carbonyl (C=O) groups is 2. The van der Waals surface area contributed by atoms with Crippen LogP contribution < -0.4 is 16.2 Å². The first-order chi connectivity index (χ1) is 17.4. The summed E-state index contributed by atoms with van der Waals surface area (Å²) >= 11 is 0. The van der Waals surface area contributed by atoms with E-state index in [1.807, 2.05) is 13.8 Å². The van der Waals surface area contributed by atoms with E-state index >= 15 is 0 Å². The minimum absolute atomic E-state index is 0.0291. The molecule has 0 bridgehead atoms. The summed E-state index contributed by atoms with van der Waals surface area (Å²) in [6.45, 7) is 6.34. The van der Waals surface area contributed by atoms with Crippen molar-refractivity contribution >= 4 is 17.8 Å². The number of halogens is 3. The number of likely N-dealkylation sites (tertiary alicyclic amines) is 2. The van der Waals surface area contributed by atoms with Crippen LogP contribution in [-0.4, -0.2) is 72.3 Å². The lowest BCUT2D eigenvalue weighted by Gasteiger charge is -2.39. The van der Waals surface area contributed by atoms with Crippen molar-refractivity contribution in [2.45, 2.75) is 58.4 Å². The Hall–Kier alpha value is -2.82. The third kappa shape index (κ3) is 7.83. The monoisotopic (exact) mass is 525 g/mol. The first kappa shape index (κ1) is 28.7.